The van der Waals surface area contributed by atoms with E-state index >= 15 is 0 Å². The highest BCUT2D eigenvalue weighted by Crippen LogP contribution is 2.17. The molecule has 0 heterocycles. The van der Waals surface area contributed by atoms with Crippen LogP contribution in [0.15, 0.2) is 0 Å². The van der Waals surface area contributed by atoms with Crippen LogP contribution in [0.3, 0.4) is 0 Å². The van der Waals surface area contributed by atoms with Crippen LogP contribution in [0.1, 0.15) is 60.8 Å². The van der Waals surface area contributed by atoms with Gasteiger partial charge in [-0.05, 0) is 32.6 Å². The Hall–Kier alpha value is -1.06. The molecular formula is C14H27NO3. The normalized spacial score (nSPS) is 12.1. The minimum atomic E-state index is -0.486. The lowest BCUT2D eigenvalue weighted by Crippen LogP contribution is -2.29. The zero-order valence-corrected chi connectivity index (χ0v) is 12.6. The lowest BCUT2D eigenvalue weighted by Gasteiger charge is -2.19. The van der Waals surface area contributed by atoms with E-state index in [1.54, 1.807) is 0 Å². The van der Waals surface area contributed by atoms with Crippen LogP contribution in [0.25, 0.3) is 0 Å². The third-order valence-corrected chi connectivity index (χ3v) is 2.17. The van der Waals surface area contributed by atoms with Crippen LogP contribution >= 0.6 is 0 Å². The minimum Gasteiger partial charge on any atom is -0.460 e. The molecule has 0 bridgehead atoms. The summed E-state index contributed by atoms with van der Waals surface area (Å²) in [4.78, 5) is 22.9. The van der Waals surface area contributed by atoms with Gasteiger partial charge in [-0.15, -0.1) is 0 Å². The number of ether oxygens (including phenoxy) is 1. The lowest BCUT2D eigenvalue weighted by atomic mass is 9.92. The molecule has 0 aliphatic rings. The highest BCUT2D eigenvalue weighted by molar-refractivity contribution is 5.81. The van der Waals surface area contributed by atoms with Crippen LogP contribution in [0.4, 0.5) is 0 Å². The minimum absolute atomic E-state index is 0.0925. The van der Waals surface area contributed by atoms with Gasteiger partial charge in [0.05, 0.1) is 6.42 Å². The SMILES string of the molecule is CC(C)(C)CCNC(=O)CCC(=O)OC(C)(C)C. The van der Waals surface area contributed by atoms with E-state index in [4.69, 9.17) is 4.74 Å². The molecule has 0 saturated heterocycles. The Bertz CT molecular complexity index is 284. The third kappa shape index (κ3) is 11.4. The highest BCUT2D eigenvalue weighted by Gasteiger charge is 2.17. The van der Waals surface area contributed by atoms with E-state index in [0.717, 1.165) is 6.42 Å². The summed E-state index contributed by atoms with van der Waals surface area (Å²) in [6, 6.07) is 0. The number of hydrogen-bond acceptors (Lipinski definition) is 3. The van der Waals surface area contributed by atoms with Gasteiger partial charge in [0.1, 0.15) is 5.60 Å². The molecule has 0 aromatic carbocycles. The maximum absolute atomic E-state index is 11.5. The van der Waals surface area contributed by atoms with Gasteiger partial charge < -0.3 is 10.1 Å². The summed E-state index contributed by atoms with van der Waals surface area (Å²) < 4.78 is 5.13. The molecule has 1 N–H and O–H groups in total. The molecular weight excluding hydrogens is 230 g/mol. The second kappa shape index (κ2) is 6.76. The van der Waals surface area contributed by atoms with Crippen molar-refractivity contribution in [3.8, 4) is 0 Å². The Kier molecular flexibility index (Phi) is 6.36. The molecule has 0 aliphatic carbocycles. The Morgan fingerprint density at radius 1 is 1.00 bits per heavy atom. The average molecular weight is 257 g/mol. The fourth-order valence-corrected chi connectivity index (χ4v) is 1.27. The molecule has 0 atom stereocenters. The summed E-state index contributed by atoms with van der Waals surface area (Å²) in [7, 11) is 0. The van der Waals surface area contributed by atoms with Crippen LogP contribution in [-0.4, -0.2) is 24.0 Å². The van der Waals surface area contributed by atoms with E-state index < -0.39 is 5.60 Å². The van der Waals surface area contributed by atoms with Crippen LogP contribution in [0.2, 0.25) is 0 Å². The summed E-state index contributed by atoms with van der Waals surface area (Å²) in [6.07, 6.45) is 1.25. The Labute approximate surface area is 110 Å². The second-order valence-electron chi connectivity index (χ2n) is 6.75. The van der Waals surface area contributed by atoms with Gasteiger partial charge in [-0.1, -0.05) is 20.8 Å². The molecule has 0 unspecified atom stereocenters. The molecule has 18 heavy (non-hydrogen) atoms. The van der Waals surface area contributed by atoms with Crippen LogP contribution in [0.5, 0.6) is 0 Å². The van der Waals surface area contributed by atoms with Gasteiger partial charge in [-0.25, -0.2) is 0 Å². The van der Waals surface area contributed by atoms with Crippen molar-refractivity contribution in [1.82, 2.24) is 5.32 Å². The molecule has 106 valence electrons. The maximum atomic E-state index is 11.5. The molecule has 0 aliphatic heterocycles. The predicted molar refractivity (Wildman–Crippen MR) is 72.2 cm³/mol. The standard InChI is InChI=1S/C14H27NO3/c1-13(2,3)9-10-15-11(16)7-8-12(17)18-14(4,5)6/h7-10H2,1-6H3,(H,15,16). The maximum Gasteiger partial charge on any atom is 0.306 e. The molecule has 4 nitrogen and oxygen atoms in total. The zero-order chi connectivity index (χ0) is 14.4. The monoisotopic (exact) mass is 257 g/mol. The summed E-state index contributed by atoms with van der Waals surface area (Å²) in [5.41, 5.74) is -0.280. The van der Waals surface area contributed by atoms with Crippen molar-refractivity contribution in [2.24, 2.45) is 5.41 Å². The van der Waals surface area contributed by atoms with Crippen molar-refractivity contribution >= 4 is 11.9 Å². The fraction of sp³-hybridized carbons (Fsp3) is 0.857. The number of carbonyl (C=O) groups excluding carboxylic acids is 2. The van der Waals surface area contributed by atoms with E-state index in [2.05, 4.69) is 26.1 Å². The summed E-state index contributed by atoms with van der Waals surface area (Å²) >= 11 is 0. The number of amides is 1. The Morgan fingerprint density at radius 2 is 1.56 bits per heavy atom. The van der Waals surface area contributed by atoms with Gasteiger partial charge in [0.2, 0.25) is 5.91 Å². The third-order valence-electron chi connectivity index (χ3n) is 2.17. The van der Waals surface area contributed by atoms with Crippen molar-refractivity contribution in [2.75, 3.05) is 6.54 Å². The first-order valence-electron chi connectivity index (χ1n) is 6.48. The first kappa shape index (κ1) is 16.9. The zero-order valence-electron chi connectivity index (χ0n) is 12.6. The van der Waals surface area contributed by atoms with Gasteiger partial charge in [0.25, 0.3) is 0 Å². The lowest BCUT2D eigenvalue weighted by molar-refractivity contribution is -0.155. The number of carbonyl (C=O) groups is 2. The van der Waals surface area contributed by atoms with E-state index in [9.17, 15) is 9.59 Å². The van der Waals surface area contributed by atoms with E-state index in [-0.39, 0.29) is 30.1 Å². The number of nitrogens with one attached hydrogen (secondary N) is 1. The fourth-order valence-electron chi connectivity index (χ4n) is 1.27. The first-order valence-corrected chi connectivity index (χ1v) is 6.48. The van der Waals surface area contributed by atoms with E-state index in [0.29, 0.717) is 6.54 Å². The molecule has 1 amide bonds. The Balaban J connectivity index is 3.75. The van der Waals surface area contributed by atoms with E-state index in [1.165, 1.54) is 0 Å². The van der Waals surface area contributed by atoms with Gasteiger partial charge >= 0.3 is 5.97 Å². The van der Waals surface area contributed by atoms with Gasteiger partial charge in [-0.2, -0.15) is 0 Å². The van der Waals surface area contributed by atoms with Gasteiger partial charge in [0, 0.05) is 13.0 Å². The van der Waals surface area contributed by atoms with E-state index in [1.807, 2.05) is 20.8 Å². The number of hydrogen-bond donors (Lipinski definition) is 1. The summed E-state index contributed by atoms with van der Waals surface area (Å²) in [6.45, 7) is 12.5. The Morgan fingerprint density at radius 3 is 2.00 bits per heavy atom. The van der Waals surface area contributed by atoms with Gasteiger partial charge in [-0.3, -0.25) is 9.59 Å². The molecule has 0 spiro atoms. The van der Waals surface area contributed by atoms with Gasteiger partial charge in [0.15, 0.2) is 0 Å². The van der Waals surface area contributed by atoms with Crippen LogP contribution < -0.4 is 5.32 Å². The largest absolute Gasteiger partial charge is 0.460 e. The summed E-state index contributed by atoms with van der Waals surface area (Å²) in [5.74, 6) is -0.418. The highest BCUT2D eigenvalue weighted by atomic mass is 16.6. The molecule has 0 fully saturated rings. The van der Waals surface area contributed by atoms with Crippen LogP contribution in [0, 0.1) is 5.41 Å². The molecule has 0 rings (SSSR count). The second-order valence-corrected chi connectivity index (χ2v) is 6.75. The molecule has 0 radical (unpaired) electrons. The predicted octanol–water partition coefficient (Wildman–Crippen LogP) is 2.66. The molecule has 0 aromatic heterocycles. The topological polar surface area (TPSA) is 55.4 Å². The average Bonchev–Trinajstić information content (AvgIpc) is 2.09. The van der Waals surface area contributed by atoms with Crippen molar-refractivity contribution in [1.29, 1.82) is 0 Å². The van der Waals surface area contributed by atoms with Crippen molar-refractivity contribution in [2.45, 2.75) is 66.4 Å². The smallest absolute Gasteiger partial charge is 0.306 e. The first-order chi connectivity index (χ1) is 7.99. The number of esters is 1. The van der Waals surface area contributed by atoms with Crippen molar-refractivity contribution < 1.29 is 14.3 Å². The quantitative estimate of drug-likeness (QED) is 0.770. The molecule has 0 aromatic rings. The summed E-state index contributed by atoms with van der Waals surface area (Å²) in [5, 5.41) is 2.81. The van der Waals surface area contributed by atoms with Crippen LogP contribution in [-0.2, 0) is 14.3 Å². The molecule has 4 heteroatoms. The van der Waals surface area contributed by atoms with Crippen molar-refractivity contribution in [3.63, 3.8) is 0 Å². The van der Waals surface area contributed by atoms with Crippen molar-refractivity contribution in [3.05, 3.63) is 0 Å². The molecule has 0 saturated carbocycles. The number of rotatable bonds is 5.